The minimum absolute atomic E-state index is 0.0145. The van der Waals surface area contributed by atoms with Crippen LogP contribution >= 0.6 is 0 Å². The molecule has 7 nitrogen and oxygen atoms in total. The quantitative estimate of drug-likeness (QED) is 0.383. The topological polar surface area (TPSA) is 116 Å². The lowest BCUT2D eigenvalue weighted by molar-refractivity contribution is -0.137. The second-order valence-corrected chi connectivity index (χ2v) is 8.32. The highest BCUT2D eigenvalue weighted by molar-refractivity contribution is 5.90. The Kier molecular flexibility index (Phi) is 7.00. The number of aliphatic hydroxyl groups excluding tert-OH is 2. The minimum atomic E-state index is -4.78. The Hall–Kier alpha value is -3.89. The average molecular weight is 501 g/mol. The second kappa shape index (κ2) is 10.00. The molecule has 0 heterocycles. The van der Waals surface area contributed by atoms with Gasteiger partial charge in [0.25, 0.3) is 0 Å². The summed E-state index contributed by atoms with van der Waals surface area (Å²) in [4.78, 5) is 23.7. The van der Waals surface area contributed by atoms with Crippen LogP contribution in [-0.4, -0.2) is 46.6 Å². The van der Waals surface area contributed by atoms with Crippen molar-refractivity contribution in [3.63, 3.8) is 0 Å². The van der Waals surface area contributed by atoms with Crippen molar-refractivity contribution in [1.82, 2.24) is 5.32 Å². The van der Waals surface area contributed by atoms with Crippen molar-refractivity contribution in [3.05, 3.63) is 94.5 Å². The summed E-state index contributed by atoms with van der Waals surface area (Å²) >= 11 is 0. The molecule has 4 rings (SSSR count). The van der Waals surface area contributed by atoms with E-state index in [0.717, 1.165) is 28.3 Å². The number of carbonyl (C=O) groups is 2. The molecule has 188 valence electrons. The number of aliphatic hydroxyl groups is 2. The number of carboxylic acid groups (broad SMARTS) is 1. The Bertz CT molecular complexity index is 1250. The van der Waals surface area contributed by atoms with Gasteiger partial charge in [-0.2, -0.15) is 13.2 Å². The number of fused-ring (bicyclic) bond motifs is 3. The van der Waals surface area contributed by atoms with Gasteiger partial charge in [-0.15, -0.1) is 0 Å². The highest BCUT2D eigenvalue weighted by atomic mass is 19.4. The molecule has 0 spiro atoms. The van der Waals surface area contributed by atoms with Gasteiger partial charge in [-0.3, -0.25) is 0 Å². The van der Waals surface area contributed by atoms with Gasteiger partial charge in [-0.25, -0.2) is 9.59 Å². The predicted molar refractivity (Wildman–Crippen MR) is 122 cm³/mol. The van der Waals surface area contributed by atoms with Gasteiger partial charge in [0.2, 0.25) is 0 Å². The van der Waals surface area contributed by atoms with Crippen LogP contribution in [0.25, 0.3) is 11.1 Å². The van der Waals surface area contributed by atoms with Gasteiger partial charge >= 0.3 is 18.2 Å². The number of hydrogen-bond acceptors (Lipinski definition) is 5. The third-order valence-electron chi connectivity index (χ3n) is 6.09. The number of hydrogen-bond donors (Lipinski definition) is 4. The van der Waals surface area contributed by atoms with Crippen molar-refractivity contribution < 1.29 is 42.8 Å². The standard InChI is InChI=1S/C26H22F3NO6/c27-26(28,29)14-9-10-19(20(11-14)24(33)34)23(32)22(31)12-30-25(35)36-13-21-17-7-3-1-5-15(17)16-6-2-4-8-18(16)21/h1-11,21-23,31-32H,12-13H2,(H,30,35)(H,33,34). The molecule has 4 N–H and O–H groups in total. The van der Waals surface area contributed by atoms with E-state index < -0.39 is 53.7 Å². The highest BCUT2D eigenvalue weighted by Gasteiger charge is 2.34. The molecule has 0 radical (unpaired) electrons. The van der Waals surface area contributed by atoms with Gasteiger partial charge in [-0.05, 0) is 39.9 Å². The van der Waals surface area contributed by atoms with Crippen molar-refractivity contribution in [1.29, 1.82) is 0 Å². The fraction of sp³-hybridized carbons (Fsp3) is 0.231. The monoisotopic (exact) mass is 501 g/mol. The summed E-state index contributed by atoms with van der Waals surface area (Å²) in [5.41, 5.74) is 1.67. The molecule has 3 aromatic carbocycles. The first-order valence-corrected chi connectivity index (χ1v) is 11.0. The average Bonchev–Trinajstić information content (AvgIpc) is 3.18. The van der Waals surface area contributed by atoms with Gasteiger partial charge in [0, 0.05) is 12.5 Å². The molecule has 0 saturated carbocycles. The predicted octanol–water partition coefficient (Wildman–Crippen LogP) is 4.34. The first-order valence-electron chi connectivity index (χ1n) is 11.0. The zero-order chi connectivity index (χ0) is 26.0. The normalized spacial score (nSPS) is 14.5. The number of carbonyl (C=O) groups excluding carboxylic acids is 1. The summed E-state index contributed by atoms with van der Waals surface area (Å²) in [6.07, 6.45) is -9.24. The molecule has 1 amide bonds. The number of aromatic carboxylic acids is 1. The summed E-state index contributed by atoms with van der Waals surface area (Å²) in [7, 11) is 0. The number of ether oxygens (including phenoxy) is 1. The lowest BCUT2D eigenvalue weighted by atomic mass is 9.96. The van der Waals surface area contributed by atoms with Crippen LogP contribution in [-0.2, 0) is 10.9 Å². The van der Waals surface area contributed by atoms with Crippen LogP contribution in [0.4, 0.5) is 18.0 Å². The van der Waals surface area contributed by atoms with Crippen LogP contribution in [0.1, 0.15) is 44.6 Å². The summed E-state index contributed by atoms with van der Waals surface area (Å²) < 4.78 is 44.1. The Balaban J connectivity index is 1.38. The molecule has 0 bridgehead atoms. The summed E-state index contributed by atoms with van der Waals surface area (Å²) in [6.45, 7) is -0.515. The largest absolute Gasteiger partial charge is 0.478 e. The minimum Gasteiger partial charge on any atom is -0.478 e. The first-order chi connectivity index (χ1) is 17.1. The van der Waals surface area contributed by atoms with E-state index in [1.165, 1.54) is 0 Å². The molecule has 0 aliphatic heterocycles. The van der Waals surface area contributed by atoms with E-state index >= 15 is 0 Å². The third-order valence-corrected chi connectivity index (χ3v) is 6.09. The molecule has 1 aliphatic rings. The number of amides is 1. The number of alkyl carbamates (subject to hydrolysis) is 1. The van der Waals surface area contributed by atoms with Crippen LogP contribution in [0.15, 0.2) is 66.7 Å². The zero-order valence-corrected chi connectivity index (χ0v) is 18.7. The highest BCUT2D eigenvalue weighted by Crippen LogP contribution is 2.44. The van der Waals surface area contributed by atoms with E-state index in [1.54, 1.807) is 0 Å². The van der Waals surface area contributed by atoms with Crippen molar-refractivity contribution in [2.24, 2.45) is 0 Å². The molecule has 2 atom stereocenters. The Morgan fingerprint density at radius 2 is 1.53 bits per heavy atom. The molecule has 0 saturated heterocycles. The molecule has 2 unspecified atom stereocenters. The van der Waals surface area contributed by atoms with Crippen molar-refractivity contribution in [3.8, 4) is 11.1 Å². The van der Waals surface area contributed by atoms with Crippen molar-refractivity contribution >= 4 is 12.1 Å². The Morgan fingerprint density at radius 1 is 0.944 bits per heavy atom. The van der Waals surface area contributed by atoms with Gasteiger partial charge < -0.3 is 25.4 Å². The van der Waals surface area contributed by atoms with Gasteiger partial charge in [-0.1, -0.05) is 54.6 Å². The molecular weight excluding hydrogens is 479 g/mol. The Morgan fingerprint density at radius 3 is 2.08 bits per heavy atom. The van der Waals surface area contributed by atoms with Crippen LogP contribution in [0.2, 0.25) is 0 Å². The van der Waals surface area contributed by atoms with E-state index in [-0.39, 0.29) is 12.5 Å². The molecular formula is C26H22F3NO6. The van der Waals surface area contributed by atoms with E-state index in [1.807, 2.05) is 48.5 Å². The van der Waals surface area contributed by atoms with Gasteiger partial charge in [0.05, 0.1) is 11.1 Å². The lowest BCUT2D eigenvalue weighted by Crippen LogP contribution is -2.36. The fourth-order valence-electron chi connectivity index (χ4n) is 4.33. The van der Waals surface area contributed by atoms with Gasteiger partial charge in [0.15, 0.2) is 0 Å². The summed E-state index contributed by atoms with van der Waals surface area (Å²) in [5.74, 6) is -1.89. The molecule has 36 heavy (non-hydrogen) atoms. The van der Waals surface area contributed by atoms with E-state index in [0.29, 0.717) is 12.1 Å². The maximum atomic E-state index is 12.9. The maximum absolute atomic E-state index is 12.9. The number of benzene rings is 3. The van der Waals surface area contributed by atoms with E-state index in [9.17, 15) is 38.1 Å². The number of carboxylic acids is 1. The van der Waals surface area contributed by atoms with Crippen LogP contribution in [0, 0.1) is 0 Å². The number of alkyl halides is 3. The number of rotatable bonds is 7. The van der Waals surface area contributed by atoms with E-state index in [4.69, 9.17) is 4.74 Å². The zero-order valence-electron chi connectivity index (χ0n) is 18.7. The third kappa shape index (κ3) is 5.05. The Labute approximate surface area is 203 Å². The maximum Gasteiger partial charge on any atom is 0.416 e. The molecule has 3 aromatic rings. The number of nitrogens with one attached hydrogen (secondary N) is 1. The number of halogens is 3. The lowest BCUT2D eigenvalue weighted by Gasteiger charge is -2.21. The smallest absolute Gasteiger partial charge is 0.416 e. The second-order valence-electron chi connectivity index (χ2n) is 8.32. The first kappa shape index (κ1) is 25.2. The van der Waals surface area contributed by atoms with Crippen molar-refractivity contribution in [2.45, 2.75) is 24.3 Å². The summed E-state index contributed by atoms with van der Waals surface area (Å²) in [6, 6.07) is 17.3. The van der Waals surface area contributed by atoms with Crippen molar-refractivity contribution in [2.75, 3.05) is 13.2 Å². The van der Waals surface area contributed by atoms with Gasteiger partial charge in [0.1, 0.15) is 18.8 Å². The van der Waals surface area contributed by atoms with Crippen LogP contribution in [0.3, 0.4) is 0 Å². The molecule has 0 aromatic heterocycles. The molecule has 1 aliphatic carbocycles. The molecule has 10 heteroatoms. The SMILES string of the molecule is O=C(NCC(O)C(O)c1ccc(C(F)(F)F)cc1C(=O)O)OCC1c2ccccc2-c2ccccc21. The molecule has 0 fully saturated rings. The van der Waals surface area contributed by atoms with Crippen LogP contribution in [0.5, 0.6) is 0 Å². The van der Waals surface area contributed by atoms with Crippen LogP contribution < -0.4 is 5.32 Å². The van der Waals surface area contributed by atoms with E-state index in [2.05, 4.69) is 5.32 Å². The fourth-order valence-corrected chi connectivity index (χ4v) is 4.33. The summed E-state index contributed by atoms with van der Waals surface area (Å²) in [5, 5.41) is 32.2.